The van der Waals surface area contributed by atoms with Crippen LogP contribution in [0.3, 0.4) is 0 Å². The lowest BCUT2D eigenvalue weighted by molar-refractivity contribution is 0.100. The van der Waals surface area contributed by atoms with Gasteiger partial charge in [0.2, 0.25) is 0 Å². The van der Waals surface area contributed by atoms with Crippen molar-refractivity contribution in [2.45, 2.75) is 6.92 Å². The van der Waals surface area contributed by atoms with Gasteiger partial charge >= 0.3 is 0 Å². The zero-order valence-electron chi connectivity index (χ0n) is 8.82. The molecule has 2 aromatic rings. The number of primary amides is 1. The van der Waals surface area contributed by atoms with Crippen molar-refractivity contribution < 1.29 is 4.79 Å². The lowest BCUT2D eigenvalue weighted by Crippen LogP contribution is -2.13. The average Bonchev–Trinajstić information content (AvgIpc) is 2.65. The molecule has 2 rings (SSSR count). The molecule has 0 radical (unpaired) electrons. The highest BCUT2D eigenvalue weighted by Gasteiger charge is 2.09. The van der Waals surface area contributed by atoms with E-state index in [1.54, 1.807) is 24.4 Å². The van der Waals surface area contributed by atoms with Crippen molar-refractivity contribution in [3.63, 3.8) is 0 Å². The van der Waals surface area contributed by atoms with Crippen LogP contribution < -0.4 is 11.5 Å². The maximum atomic E-state index is 11.1. The summed E-state index contributed by atoms with van der Waals surface area (Å²) in [6.07, 6.45) is 1.77. The van der Waals surface area contributed by atoms with E-state index in [1.165, 1.54) is 0 Å². The molecule has 5 heteroatoms. The van der Waals surface area contributed by atoms with Gasteiger partial charge in [-0.15, -0.1) is 0 Å². The van der Waals surface area contributed by atoms with Crippen LogP contribution in [-0.2, 0) is 0 Å². The first-order valence-electron chi connectivity index (χ1n) is 4.79. The van der Waals surface area contributed by atoms with Gasteiger partial charge < -0.3 is 16.5 Å². The molecule has 0 fully saturated rings. The van der Waals surface area contributed by atoms with Crippen LogP contribution in [0.4, 0.5) is 5.69 Å². The molecule has 16 heavy (non-hydrogen) atoms. The predicted octanol–water partition coefficient (Wildman–Crippen LogP) is 1.07. The molecule has 0 atom stereocenters. The van der Waals surface area contributed by atoms with E-state index in [0.29, 0.717) is 11.3 Å². The molecule has 82 valence electrons. The minimum atomic E-state index is -0.536. The number of nitrogens with two attached hydrogens (primary N) is 2. The number of hydrogen-bond acceptors (Lipinski definition) is 3. The van der Waals surface area contributed by atoms with Crippen molar-refractivity contribution in [1.82, 2.24) is 9.97 Å². The number of H-pyrrole nitrogens is 1. The van der Waals surface area contributed by atoms with Gasteiger partial charge in [-0.3, -0.25) is 4.79 Å². The molecule has 0 saturated heterocycles. The number of benzene rings is 1. The second kappa shape index (κ2) is 3.69. The minimum absolute atomic E-state index is 0.318. The van der Waals surface area contributed by atoms with Crippen molar-refractivity contribution in [3.05, 3.63) is 35.8 Å². The van der Waals surface area contributed by atoms with Crippen LogP contribution in [0.15, 0.2) is 24.4 Å². The molecule has 0 spiro atoms. The van der Waals surface area contributed by atoms with Crippen LogP contribution in [0.2, 0.25) is 0 Å². The van der Waals surface area contributed by atoms with Crippen molar-refractivity contribution in [2.24, 2.45) is 5.73 Å². The second-order valence-electron chi connectivity index (χ2n) is 3.54. The Morgan fingerprint density at radius 1 is 1.44 bits per heavy atom. The number of hydrogen-bond donors (Lipinski definition) is 3. The van der Waals surface area contributed by atoms with Crippen LogP contribution in [0, 0.1) is 6.92 Å². The number of rotatable bonds is 2. The van der Waals surface area contributed by atoms with Crippen molar-refractivity contribution in [2.75, 3.05) is 5.73 Å². The smallest absolute Gasteiger partial charge is 0.250 e. The van der Waals surface area contributed by atoms with Gasteiger partial charge in [0, 0.05) is 17.4 Å². The van der Waals surface area contributed by atoms with Crippen LogP contribution in [0.1, 0.15) is 16.2 Å². The highest BCUT2D eigenvalue weighted by Crippen LogP contribution is 2.22. The number of aromatic nitrogens is 2. The molecule has 5 N–H and O–H groups in total. The second-order valence-corrected chi connectivity index (χ2v) is 3.54. The highest BCUT2D eigenvalue weighted by molar-refractivity contribution is 5.99. The van der Waals surface area contributed by atoms with Crippen molar-refractivity contribution in [1.29, 1.82) is 0 Å². The van der Waals surface area contributed by atoms with E-state index in [0.717, 1.165) is 17.1 Å². The van der Waals surface area contributed by atoms with E-state index in [4.69, 9.17) is 11.5 Å². The van der Waals surface area contributed by atoms with E-state index < -0.39 is 5.91 Å². The largest absolute Gasteiger partial charge is 0.398 e. The number of carbonyl (C=O) groups is 1. The van der Waals surface area contributed by atoms with Gasteiger partial charge in [-0.1, -0.05) is 6.07 Å². The maximum Gasteiger partial charge on any atom is 0.250 e. The summed E-state index contributed by atoms with van der Waals surface area (Å²) in [4.78, 5) is 18.4. The Labute approximate surface area is 92.5 Å². The first-order chi connectivity index (χ1) is 7.58. The minimum Gasteiger partial charge on any atom is -0.398 e. The lowest BCUT2D eigenvalue weighted by Gasteiger charge is -2.03. The summed E-state index contributed by atoms with van der Waals surface area (Å²) in [6.45, 7) is 1.86. The summed E-state index contributed by atoms with van der Waals surface area (Å²) in [5.41, 5.74) is 13.1. The Morgan fingerprint density at radius 3 is 2.75 bits per heavy atom. The molecule has 0 aliphatic carbocycles. The van der Waals surface area contributed by atoms with Gasteiger partial charge in [0.05, 0.1) is 11.3 Å². The first kappa shape index (κ1) is 10.2. The number of aromatic amines is 1. The third-order valence-corrected chi connectivity index (χ3v) is 2.32. The Morgan fingerprint density at radius 2 is 2.19 bits per heavy atom. The fourth-order valence-corrected chi connectivity index (χ4v) is 1.49. The lowest BCUT2D eigenvalue weighted by atomic mass is 10.1. The number of nitrogens with one attached hydrogen (secondary N) is 1. The van der Waals surface area contributed by atoms with Gasteiger partial charge in [0.1, 0.15) is 5.82 Å². The molecule has 1 heterocycles. The van der Waals surface area contributed by atoms with Gasteiger partial charge in [0.25, 0.3) is 5.91 Å². The van der Waals surface area contributed by atoms with Crippen LogP contribution in [-0.4, -0.2) is 15.9 Å². The first-order valence-corrected chi connectivity index (χ1v) is 4.79. The molecule has 0 saturated carbocycles. The molecule has 0 aliphatic heterocycles. The predicted molar refractivity (Wildman–Crippen MR) is 61.7 cm³/mol. The summed E-state index contributed by atoms with van der Waals surface area (Å²) in [5, 5.41) is 0. The zero-order chi connectivity index (χ0) is 11.7. The number of nitrogen functional groups attached to an aromatic ring is 1. The molecule has 0 unspecified atom stereocenters. The number of aryl methyl sites for hydroxylation is 1. The molecule has 1 aromatic carbocycles. The molecule has 1 amide bonds. The number of imidazole rings is 1. The van der Waals surface area contributed by atoms with E-state index in [9.17, 15) is 4.79 Å². The Kier molecular flexibility index (Phi) is 2.36. The Hall–Kier alpha value is -2.30. The molecular weight excluding hydrogens is 204 g/mol. The Balaban J connectivity index is 2.51. The molecular formula is C11H12N4O. The van der Waals surface area contributed by atoms with Crippen LogP contribution in [0.25, 0.3) is 11.3 Å². The summed E-state index contributed by atoms with van der Waals surface area (Å²) in [6, 6.07) is 5.10. The number of carbonyl (C=O) groups excluding carboxylic acids is 1. The maximum absolute atomic E-state index is 11.1. The topological polar surface area (TPSA) is 97.8 Å². The third kappa shape index (κ3) is 1.75. The quantitative estimate of drug-likeness (QED) is 0.655. The summed E-state index contributed by atoms with van der Waals surface area (Å²) < 4.78 is 0. The fourth-order valence-electron chi connectivity index (χ4n) is 1.49. The third-order valence-electron chi connectivity index (χ3n) is 2.32. The van der Waals surface area contributed by atoms with Gasteiger partial charge in [-0.25, -0.2) is 4.98 Å². The summed E-state index contributed by atoms with van der Waals surface area (Å²) in [5.74, 6) is 0.277. The molecule has 0 aliphatic rings. The summed E-state index contributed by atoms with van der Waals surface area (Å²) in [7, 11) is 0. The van der Waals surface area contributed by atoms with Gasteiger partial charge in [-0.05, 0) is 19.1 Å². The number of anilines is 1. The number of nitrogens with zero attached hydrogens (tertiary/aromatic N) is 1. The molecule has 1 aromatic heterocycles. The van der Waals surface area contributed by atoms with Crippen LogP contribution >= 0.6 is 0 Å². The monoisotopic (exact) mass is 216 g/mol. The Bertz CT molecular complexity index is 545. The van der Waals surface area contributed by atoms with E-state index in [2.05, 4.69) is 9.97 Å². The van der Waals surface area contributed by atoms with E-state index >= 15 is 0 Å². The number of amides is 1. The van der Waals surface area contributed by atoms with E-state index in [-0.39, 0.29) is 0 Å². The van der Waals surface area contributed by atoms with Crippen molar-refractivity contribution in [3.8, 4) is 11.3 Å². The summed E-state index contributed by atoms with van der Waals surface area (Å²) >= 11 is 0. The van der Waals surface area contributed by atoms with E-state index in [1.807, 2.05) is 6.92 Å². The van der Waals surface area contributed by atoms with Crippen molar-refractivity contribution >= 4 is 11.6 Å². The fraction of sp³-hybridized carbons (Fsp3) is 0.0909. The van der Waals surface area contributed by atoms with Crippen LogP contribution in [0.5, 0.6) is 0 Å². The molecule has 5 nitrogen and oxygen atoms in total. The zero-order valence-corrected chi connectivity index (χ0v) is 8.82. The SMILES string of the molecule is Cc1nc(-c2ccc(N)c(C(N)=O)c2)c[nH]1. The highest BCUT2D eigenvalue weighted by atomic mass is 16.1. The van der Waals surface area contributed by atoms with Gasteiger partial charge in [0.15, 0.2) is 0 Å². The standard InChI is InChI=1S/C11H12N4O/c1-6-14-5-10(15-6)7-2-3-9(12)8(4-7)11(13)16/h2-5H,12H2,1H3,(H2,13,16)(H,14,15). The molecule has 0 bridgehead atoms. The van der Waals surface area contributed by atoms with Gasteiger partial charge in [-0.2, -0.15) is 0 Å². The normalized spacial score (nSPS) is 10.3. The average molecular weight is 216 g/mol.